The second-order valence-electron chi connectivity index (χ2n) is 12.9. The van der Waals surface area contributed by atoms with Crippen LogP contribution >= 0.6 is 0 Å². The Balaban J connectivity index is 1.14. The van der Waals surface area contributed by atoms with Gasteiger partial charge in [0, 0.05) is 32.8 Å². The van der Waals surface area contributed by atoms with Gasteiger partial charge >= 0.3 is 0 Å². The zero-order valence-corrected chi connectivity index (χ0v) is 27.3. The SMILES string of the molecule is c1ccc(-c2ccccc2N(c2ccc(-c3ccc4c(c3)oc3c5ccccc5ccc43)cc2)c2cc3ccccc3c3ccccc23)cc1. The van der Waals surface area contributed by atoms with Gasteiger partial charge in [0.05, 0.1) is 11.4 Å². The lowest BCUT2D eigenvalue weighted by Gasteiger charge is -2.29. The van der Waals surface area contributed by atoms with Gasteiger partial charge in [0.25, 0.3) is 0 Å². The maximum Gasteiger partial charge on any atom is 0.143 e. The number of fused-ring (bicyclic) bond motifs is 8. The first-order chi connectivity index (χ1) is 24.8. The molecule has 0 saturated carbocycles. The maximum absolute atomic E-state index is 6.53. The van der Waals surface area contributed by atoms with E-state index >= 15 is 0 Å². The molecule has 0 fully saturated rings. The van der Waals surface area contributed by atoms with Crippen LogP contribution in [-0.4, -0.2) is 0 Å². The van der Waals surface area contributed by atoms with Crippen molar-refractivity contribution in [3.63, 3.8) is 0 Å². The van der Waals surface area contributed by atoms with E-state index in [0.717, 1.165) is 55.5 Å². The predicted octanol–water partition coefficient (Wildman–Crippen LogP) is 13.8. The fourth-order valence-electron chi connectivity index (χ4n) is 7.64. The summed E-state index contributed by atoms with van der Waals surface area (Å²) in [6.07, 6.45) is 0. The molecule has 0 saturated heterocycles. The van der Waals surface area contributed by atoms with Crippen LogP contribution in [0.5, 0.6) is 0 Å². The van der Waals surface area contributed by atoms with E-state index in [-0.39, 0.29) is 0 Å². The van der Waals surface area contributed by atoms with Gasteiger partial charge in [-0.15, -0.1) is 0 Å². The number of anilines is 3. The van der Waals surface area contributed by atoms with Crippen LogP contribution in [0.4, 0.5) is 17.1 Å². The highest BCUT2D eigenvalue weighted by Gasteiger charge is 2.20. The number of nitrogens with zero attached hydrogens (tertiary/aromatic N) is 1. The smallest absolute Gasteiger partial charge is 0.143 e. The van der Waals surface area contributed by atoms with Crippen molar-refractivity contribution in [1.29, 1.82) is 0 Å². The van der Waals surface area contributed by atoms with Gasteiger partial charge in [-0.05, 0) is 80.7 Å². The van der Waals surface area contributed by atoms with Gasteiger partial charge in [0.2, 0.25) is 0 Å². The second-order valence-corrected chi connectivity index (χ2v) is 12.9. The van der Waals surface area contributed by atoms with Crippen molar-refractivity contribution in [1.82, 2.24) is 0 Å². The average molecular weight is 638 g/mol. The highest BCUT2D eigenvalue weighted by Crippen LogP contribution is 2.45. The van der Waals surface area contributed by atoms with Crippen LogP contribution in [0, 0.1) is 0 Å². The molecule has 0 aliphatic heterocycles. The van der Waals surface area contributed by atoms with Crippen LogP contribution in [0.2, 0.25) is 0 Å². The Hall–Kier alpha value is -6.64. The molecular weight excluding hydrogens is 607 g/mol. The van der Waals surface area contributed by atoms with E-state index in [0.29, 0.717) is 0 Å². The number of para-hydroxylation sites is 1. The first kappa shape index (κ1) is 28.4. The van der Waals surface area contributed by atoms with Gasteiger partial charge in [-0.2, -0.15) is 0 Å². The largest absolute Gasteiger partial charge is 0.455 e. The molecule has 2 nitrogen and oxygen atoms in total. The van der Waals surface area contributed by atoms with Gasteiger partial charge in [0.15, 0.2) is 0 Å². The lowest BCUT2D eigenvalue weighted by molar-refractivity contribution is 0.673. The minimum absolute atomic E-state index is 0.902. The van der Waals surface area contributed by atoms with E-state index in [1.807, 2.05) is 0 Å². The molecule has 0 spiro atoms. The first-order valence-electron chi connectivity index (χ1n) is 17.1. The minimum atomic E-state index is 0.902. The van der Waals surface area contributed by atoms with E-state index in [1.54, 1.807) is 0 Å². The topological polar surface area (TPSA) is 16.4 Å². The van der Waals surface area contributed by atoms with Crippen molar-refractivity contribution in [3.05, 3.63) is 188 Å². The van der Waals surface area contributed by atoms with E-state index in [2.05, 4.69) is 193 Å². The summed E-state index contributed by atoms with van der Waals surface area (Å²) in [7, 11) is 0. The minimum Gasteiger partial charge on any atom is -0.455 e. The number of benzene rings is 9. The van der Waals surface area contributed by atoms with E-state index in [9.17, 15) is 0 Å². The summed E-state index contributed by atoms with van der Waals surface area (Å²) in [4.78, 5) is 2.43. The summed E-state index contributed by atoms with van der Waals surface area (Å²) in [6.45, 7) is 0. The first-order valence-corrected chi connectivity index (χ1v) is 17.1. The van der Waals surface area contributed by atoms with Gasteiger partial charge in [0.1, 0.15) is 11.2 Å². The van der Waals surface area contributed by atoms with Crippen molar-refractivity contribution in [2.75, 3.05) is 4.90 Å². The molecule has 0 unspecified atom stereocenters. The van der Waals surface area contributed by atoms with E-state index < -0.39 is 0 Å². The Labute approximate surface area is 290 Å². The molecule has 10 aromatic rings. The molecule has 2 heteroatoms. The molecule has 1 heterocycles. The van der Waals surface area contributed by atoms with Crippen molar-refractivity contribution in [3.8, 4) is 22.3 Å². The van der Waals surface area contributed by atoms with Gasteiger partial charge in [-0.25, -0.2) is 0 Å². The molecule has 0 atom stereocenters. The predicted molar refractivity (Wildman–Crippen MR) is 212 cm³/mol. The highest BCUT2D eigenvalue weighted by molar-refractivity contribution is 6.16. The summed E-state index contributed by atoms with van der Waals surface area (Å²) in [5.41, 5.74) is 9.84. The summed E-state index contributed by atoms with van der Waals surface area (Å²) < 4.78 is 6.53. The van der Waals surface area contributed by atoms with Crippen LogP contribution in [0.15, 0.2) is 192 Å². The molecule has 10 rings (SSSR count). The number of hydrogen-bond donors (Lipinski definition) is 0. The zero-order valence-electron chi connectivity index (χ0n) is 27.3. The lowest BCUT2D eigenvalue weighted by atomic mass is 9.97. The molecule has 0 aliphatic carbocycles. The molecule has 0 bridgehead atoms. The molecule has 0 aliphatic rings. The van der Waals surface area contributed by atoms with Gasteiger partial charge in [-0.3, -0.25) is 0 Å². The van der Waals surface area contributed by atoms with Crippen molar-refractivity contribution >= 4 is 71.3 Å². The third kappa shape index (κ3) is 4.57. The molecule has 234 valence electrons. The fourth-order valence-corrected chi connectivity index (χ4v) is 7.64. The quantitative estimate of drug-likeness (QED) is 0.175. The third-order valence-electron chi connectivity index (χ3n) is 10.0. The number of furan rings is 1. The Morgan fingerprint density at radius 2 is 0.980 bits per heavy atom. The third-order valence-corrected chi connectivity index (χ3v) is 10.0. The van der Waals surface area contributed by atoms with Gasteiger partial charge < -0.3 is 9.32 Å². The summed E-state index contributed by atoms with van der Waals surface area (Å²) in [5, 5.41) is 9.54. The van der Waals surface area contributed by atoms with Crippen LogP contribution in [0.3, 0.4) is 0 Å². The molecule has 0 N–H and O–H groups in total. The molecule has 0 amide bonds. The van der Waals surface area contributed by atoms with E-state index in [4.69, 9.17) is 4.42 Å². The molecule has 50 heavy (non-hydrogen) atoms. The standard InChI is InChI=1S/C48H31NO/c1-2-12-33(13-3-1)39-17-10-11-21-45(39)49(46-30-36-15-5-6-16-38(36)41-19-8-9-20-42(41)46)37-26-22-32(23-27-37)35-25-28-43-44-29-24-34-14-4-7-18-40(34)48(44)50-47(43)31-35/h1-31H. The molecule has 1 aromatic heterocycles. The van der Waals surface area contributed by atoms with Crippen LogP contribution < -0.4 is 4.90 Å². The fraction of sp³-hybridized carbons (Fsp3) is 0. The van der Waals surface area contributed by atoms with E-state index in [1.165, 1.54) is 38.1 Å². The number of hydrogen-bond acceptors (Lipinski definition) is 2. The summed E-state index contributed by atoms with van der Waals surface area (Å²) in [6, 6.07) is 67.5. The Morgan fingerprint density at radius 3 is 1.82 bits per heavy atom. The number of rotatable bonds is 5. The lowest BCUT2D eigenvalue weighted by Crippen LogP contribution is -2.12. The Kier molecular flexibility index (Phi) is 6.53. The molecule has 9 aromatic carbocycles. The van der Waals surface area contributed by atoms with Gasteiger partial charge in [-0.1, -0.05) is 146 Å². The van der Waals surface area contributed by atoms with Crippen LogP contribution in [0.25, 0.3) is 76.5 Å². The van der Waals surface area contributed by atoms with Crippen LogP contribution in [0.1, 0.15) is 0 Å². The Bertz CT molecular complexity index is 2870. The zero-order chi connectivity index (χ0) is 33.0. The second kappa shape index (κ2) is 11.5. The monoisotopic (exact) mass is 637 g/mol. The molecular formula is C48H31NO. The molecule has 0 radical (unpaired) electrons. The van der Waals surface area contributed by atoms with Crippen LogP contribution in [-0.2, 0) is 0 Å². The van der Waals surface area contributed by atoms with Crippen molar-refractivity contribution in [2.24, 2.45) is 0 Å². The van der Waals surface area contributed by atoms with Crippen molar-refractivity contribution in [2.45, 2.75) is 0 Å². The normalized spacial score (nSPS) is 11.6. The highest BCUT2D eigenvalue weighted by atomic mass is 16.3. The van der Waals surface area contributed by atoms with Crippen molar-refractivity contribution < 1.29 is 4.42 Å². The maximum atomic E-state index is 6.53. The summed E-state index contributed by atoms with van der Waals surface area (Å²) in [5.74, 6) is 0. The average Bonchev–Trinajstić information content (AvgIpc) is 3.57. The Morgan fingerprint density at radius 1 is 0.340 bits per heavy atom. The summed E-state index contributed by atoms with van der Waals surface area (Å²) >= 11 is 0.